The number of anilines is 1. The van der Waals surface area contributed by atoms with E-state index in [1.165, 1.54) is 19.3 Å². The minimum absolute atomic E-state index is 0.751. The highest BCUT2D eigenvalue weighted by molar-refractivity contribution is 5.48. The summed E-state index contributed by atoms with van der Waals surface area (Å²) in [7, 11) is 0. The molecule has 0 aliphatic carbocycles. The van der Waals surface area contributed by atoms with Gasteiger partial charge in [-0.3, -0.25) is 0 Å². The number of rotatable bonds is 11. The number of nitrogens with zero attached hydrogens (tertiary/aromatic N) is 2. The fraction of sp³-hybridized carbons (Fsp3) is 0.750. The Bertz CT molecular complexity index is 369. The summed E-state index contributed by atoms with van der Waals surface area (Å²) in [5, 5.41) is 3.37. The van der Waals surface area contributed by atoms with E-state index in [4.69, 9.17) is 4.74 Å². The number of nitrogens with one attached hydrogen (secondary N) is 1. The summed E-state index contributed by atoms with van der Waals surface area (Å²) in [6.45, 7) is 8.22. The largest absolute Gasteiger partial charge is 0.477 e. The Morgan fingerprint density at radius 1 is 1.00 bits per heavy atom. The molecule has 1 heterocycles. The van der Waals surface area contributed by atoms with Gasteiger partial charge in [-0.1, -0.05) is 46.5 Å². The first-order valence-electron chi connectivity index (χ1n) is 8.03. The van der Waals surface area contributed by atoms with Crippen LogP contribution in [-0.4, -0.2) is 23.1 Å². The van der Waals surface area contributed by atoms with Gasteiger partial charge in [0.15, 0.2) is 0 Å². The maximum absolute atomic E-state index is 5.87. The minimum Gasteiger partial charge on any atom is -0.477 e. The summed E-state index contributed by atoms with van der Waals surface area (Å²) in [6.07, 6.45) is 9.56. The first kappa shape index (κ1) is 16.7. The van der Waals surface area contributed by atoms with Crippen molar-refractivity contribution in [3.63, 3.8) is 0 Å². The third kappa shape index (κ3) is 5.76. The summed E-state index contributed by atoms with van der Waals surface area (Å²) in [5.41, 5.74) is 1.12. The minimum atomic E-state index is 0.751. The zero-order valence-corrected chi connectivity index (χ0v) is 13.2. The normalized spacial score (nSPS) is 10.6. The molecule has 0 saturated carbocycles. The van der Waals surface area contributed by atoms with Crippen molar-refractivity contribution in [2.75, 3.05) is 18.5 Å². The van der Waals surface area contributed by atoms with Crippen LogP contribution < -0.4 is 10.1 Å². The highest BCUT2D eigenvalue weighted by Gasteiger charge is 2.11. The second-order valence-corrected chi connectivity index (χ2v) is 5.09. The molecule has 0 saturated heterocycles. The van der Waals surface area contributed by atoms with Crippen molar-refractivity contribution >= 4 is 5.82 Å². The number of ether oxygens (including phenoxy) is 1. The van der Waals surface area contributed by atoms with Crippen LogP contribution in [0.15, 0.2) is 6.33 Å². The van der Waals surface area contributed by atoms with Gasteiger partial charge in [0.1, 0.15) is 12.1 Å². The van der Waals surface area contributed by atoms with Gasteiger partial charge in [-0.25, -0.2) is 9.97 Å². The molecule has 4 heteroatoms. The van der Waals surface area contributed by atoms with Crippen LogP contribution >= 0.6 is 0 Å². The van der Waals surface area contributed by atoms with Crippen LogP contribution in [0.3, 0.4) is 0 Å². The first-order valence-corrected chi connectivity index (χ1v) is 8.03. The zero-order chi connectivity index (χ0) is 14.6. The summed E-state index contributed by atoms with van der Waals surface area (Å²) >= 11 is 0. The topological polar surface area (TPSA) is 47.0 Å². The summed E-state index contributed by atoms with van der Waals surface area (Å²) in [6, 6.07) is 0. The van der Waals surface area contributed by atoms with Crippen LogP contribution in [0, 0.1) is 0 Å². The SMILES string of the molecule is CCCCCCOc1ncnc(NCCC)c1CCC. The Balaban J connectivity index is 2.62. The molecule has 0 fully saturated rings. The molecule has 1 N–H and O–H groups in total. The molecule has 0 spiro atoms. The third-order valence-electron chi connectivity index (χ3n) is 3.18. The van der Waals surface area contributed by atoms with E-state index in [2.05, 4.69) is 36.1 Å². The molecule has 1 rings (SSSR count). The molecule has 1 aromatic rings. The first-order chi connectivity index (χ1) is 9.83. The van der Waals surface area contributed by atoms with E-state index in [0.29, 0.717) is 0 Å². The van der Waals surface area contributed by atoms with Crippen molar-refractivity contribution in [1.82, 2.24) is 9.97 Å². The van der Waals surface area contributed by atoms with Crippen molar-refractivity contribution in [3.8, 4) is 5.88 Å². The van der Waals surface area contributed by atoms with Crippen LogP contribution in [-0.2, 0) is 6.42 Å². The summed E-state index contributed by atoms with van der Waals surface area (Å²) in [5.74, 6) is 1.70. The van der Waals surface area contributed by atoms with Crippen LogP contribution in [0.4, 0.5) is 5.82 Å². The molecule has 114 valence electrons. The van der Waals surface area contributed by atoms with Crippen LogP contribution in [0.25, 0.3) is 0 Å². The van der Waals surface area contributed by atoms with E-state index in [-0.39, 0.29) is 0 Å². The maximum atomic E-state index is 5.87. The van der Waals surface area contributed by atoms with E-state index < -0.39 is 0 Å². The van der Waals surface area contributed by atoms with Gasteiger partial charge in [0.2, 0.25) is 5.88 Å². The van der Waals surface area contributed by atoms with Crippen molar-refractivity contribution < 1.29 is 4.74 Å². The molecule has 4 nitrogen and oxygen atoms in total. The van der Waals surface area contributed by atoms with Gasteiger partial charge in [-0.2, -0.15) is 0 Å². The molecule has 1 aromatic heterocycles. The number of aromatic nitrogens is 2. The zero-order valence-electron chi connectivity index (χ0n) is 13.2. The molecule has 0 aliphatic rings. The van der Waals surface area contributed by atoms with E-state index in [1.807, 2.05) is 0 Å². The van der Waals surface area contributed by atoms with E-state index in [0.717, 1.165) is 56.1 Å². The Kier molecular flexibility index (Phi) is 8.76. The molecule has 0 unspecified atom stereocenters. The lowest BCUT2D eigenvalue weighted by atomic mass is 10.1. The van der Waals surface area contributed by atoms with Crippen LogP contribution in [0.2, 0.25) is 0 Å². The van der Waals surface area contributed by atoms with Crippen molar-refractivity contribution in [3.05, 3.63) is 11.9 Å². The molecule has 0 atom stereocenters. The second kappa shape index (κ2) is 10.5. The molecule has 0 bridgehead atoms. The highest BCUT2D eigenvalue weighted by Crippen LogP contribution is 2.23. The number of hydrogen-bond donors (Lipinski definition) is 1. The van der Waals surface area contributed by atoms with E-state index in [1.54, 1.807) is 6.33 Å². The van der Waals surface area contributed by atoms with Crippen molar-refractivity contribution in [2.45, 2.75) is 65.7 Å². The fourth-order valence-electron chi connectivity index (χ4n) is 2.09. The monoisotopic (exact) mass is 279 g/mol. The van der Waals surface area contributed by atoms with Gasteiger partial charge in [-0.05, 0) is 19.3 Å². The molecule has 0 aromatic carbocycles. The molecule has 0 amide bonds. The van der Waals surface area contributed by atoms with Crippen LogP contribution in [0.1, 0.15) is 64.9 Å². The lowest BCUT2D eigenvalue weighted by molar-refractivity contribution is 0.290. The van der Waals surface area contributed by atoms with Crippen molar-refractivity contribution in [1.29, 1.82) is 0 Å². The average Bonchev–Trinajstić information content (AvgIpc) is 2.47. The molecular weight excluding hydrogens is 250 g/mol. The van der Waals surface area contributed by atoms with Crippen LogP contribution in [0.5, 0.6) is 5.88 Å². The molecular formula is C16H29N3O. The van der Waals surface area contributed by atoms with E-state index >= 15 is 0 Å². The molecule has 20 heavy (non-hydrogen) atoms. The number of unbranched alkanes of at least 4 members (excludes halogenated alkanes) is 3. The lowest BCUT2D eigenvalue weighted by Crippen LogP contribution is -2.09. The lowest BCUT2D eigenvalue weighted by Gasteiger charge is -2.14. The van der Waals surface area contributed by atoms with Gasteiger partial charge in [-0.15, -0.1) is 0 Å². The quantitative estimate of drug-likeness (QED) is 0.616. The smallest absolute Gasteiger partial charge is 0.221 e. The maximum Gasteiger partial charge on any atom is 0.221 e. The van der Waals surface area contributed by atoms with Gasteiger partial charge >= 0.3 is 0 Å². The second-order valence-electron chi connectivity index (χ2n) is 5.09. The predicted octanol–water partition coefficient (Wildman–Crippen LogP) is 4.21. The predicted molar refractivity (Wildman–Crippen MR) is 84.4 cm³/mol. The standard InChI is InChI=1S/C16H29N3O/c1-4-7-8-9-12-20-16-14(10-5-2)15(17-11-6-3)18-13-19-16/h13H,4-12H2,1-3H3,(H,17,18,19). The fourth-order valence-corrected chi connectivity index (χ4v) is 2.09. The Hall–Kier alpha value is -1.32. The highest BCUT2D eigenvalue weighted by atomic mass is 16.5. The summed E-state index contributed by atoms with van der Waals surface area (Å²) in [4.78, 5) is 8.66. The number of hydrogen-bond acceptors (Lipinski definition) is 4. The third-order valence-corrected chi connectivity index (χ3v) is 3.18. The van der Waals surface area contributed by atoms with E-state index in [9.17, 15) is 0 Å². The van der Waals surface area contributed by atoms with Crippen molar-refractivity contribution in [2.24, 2.45) is 0 Å². The molecule has 0 aliphatic heterocycles. The summed E-state index contributed by atoms with van der Waals surface area (Å²) < 4.78 is 5.87. The Labute approximate surface area is 123 Å². The van der Waals surface area contributed by atoms with Gasteiger partial charge in [0, 0.05) is 6.54 Å². The van der Waals surface area contributed by atoms with Gasteiger partial charge < -0.3 is 10.1 Å². The van der Waals surface area contributed by atoms with Gasteiger partial charge in [0.25, 0.3) is 0 Å². The molecule has 0 radical (unpaired) electrons. The van der Waals surface area contributed by atoms with Gasteiger partial charge in [0.05, 0.1) is 12.2 Å². The Morgan fingerprint density at radius 3 is 2.55 bits per heavy atom. The average molecular weight is 279 g/mol. The Morgan fingerprint density at radius 2 is 1.85 bits per heavy atom.